The lowest BCUT2D eigenvalue weighted by Gasteiger charge is -2.36. The number of para-hydroxylation sites is 1. The van der Waals surface area contributed by atoms with Gasteiger partial charge in [-0.2, -0.15) is 0 Å². The van der Waals surface area contributed by atoms with Gasteiger partial charge >= 0.3 is 0 Å². The minimum Gasteiger partial charge on any atom is -0.497 e. The van der Waals surface area contributed by atoms with Crippen LogP contribution in [0.25, 0.3) is 21.9 Å². The Morgan fingerprint density at radius 1 is 1.07 bits per heavy atom. The largest absolute Gasteiger partial charge is 0.497 e. The third-order valence-corrected chi connectivity index (χ3v) is 7.67. The Hall–Kier alpha value is -3.83. The first-order chi connectivity index (χ1) is 21.1. The highest BCUT2D eigenvalue weighted by Gasteiger charge is 2.39. The monoisotopic (exact) mass is 592 g/mol. The van der Waals surface area contributed by atoms with Crippen LogP contribution in [-0.4, -0.2) is 75.6 Å². The van der Waals surface area contributed by atoms with Crippen LogP contribution in [0.3, 0.4) is 0 Å². The lowest BCUT2D eigenvalue weighted by atomic mass is 9.81. The number of aromatic nitrogens is 1. The lowest BCUT2D eigenvalue weighted by molar-refractivity contribution is -0.168. The molecule has 0 saturated carbocycles. The molecule has 4 aromatic rings. The molecule has 1 aliphatic rings. The maximum Gasteiger partial charge on any atom is 0.286 e. The summed E-state index contributed by atoms with van der Waals surface area (Å²) in [6, 6.07) is 13.8. The second-order valence-corrected chi connectivity index (χ2v) is 10.3. The minimum absolute atomic E-state index is 0.0176. The van der Waals surface area contributed by atoms with E-state index in [1.807, 2.05) is 61.7 Å². The van der Waals surface area contributed by atoms with Crippen molar-refractivity contribution in [3.8, 4) is 5.75 Å². The van der Waals surface area contributed by atoms with Crippen LogP contribution in [0.2, 0.25) is 0 Å². The summed E-state index contributed by atoms with van der Waals surface area (Å²) >= 11 is 0. The van der Waals surface area contributed by atoms with Crippen molar-refractivity contribution in [2.45, 2.75) is 32.0 Å². The van der Waals surface area contributed by atoms with Crippen LogP contribution >= 0.6 is 0 Å². The average Bonchev–Trinajstić information content (AvgIpc) is 3.65. The Morgan fingerprint density at radius 3 is 2.72 bits per heavy atom. The highest BCUT2D eigenvalue weighted by Crippen LogP contribution is 2.42. The number of benzene rings is 2. The molecule has 2 aromatic heterocycles. The van der Waals surface area contributed by atoms with E-state index in [1.165, 1.54) is 0 Å². The molecule has 230 valence electrons. The molecule has 1 amide bonds. The maximum absolute atomic E-state index is 13.4. The van der Waals surface area contributed by atoms with Gasteiger partial charge in [-0.15, -0.1) is 0 Å². The molecular weight excluding hydrogens is 552 g/mol. The molecule has 0 saturated heterocycles. The summed E-state index contributed by atoms with van der Waals surface area (Å²) in [5.74, 6) is 0.384. The van der Waals surface area contributed by atoms with Gasteiger partial charge in [0.1, 0.15) is 11.3 Å². The number of nitrogens with one attached hydrogen (secondary N) is 2. The minimum atomic E-state index is -0.648. The summed E-state index contributed by atoms with van der Waals surface area (Å²) < 4.78 is 34.6. The molecule has 3 N–H and O–H groups in total. The van der Waals surface area contributed by atoms with Gasteiger partial charge in [0.15, 0.2) is 5.76 Å². The molecule has 10 nitrogen and oxygen atoms in total. The molecule has 0 spiro atoms. The van der Waals surface area contributed by atoms with Crippen molar-refractivity contribution in [3.63, 3.8) is 0 Å². The number of amides is 1. The summed E-state index contributed by atoms with van der Waals surface area (Å²) in [6.07, 6.45) is 6.22. The van der Waals surface area contributed by atoms with Crippen LogP contribution in [0.5, 0.6) is 5.75 Å². The average molecular weight is 593 g/mol. The number of hydrogen-bond donors (Lipinski definition) is 3. The number of carbonyl (C=O) groups excluding carboxylic acids is 1. The normalized spacial score (nSPS) is 18.5. The predicted molar refractivity (Wildman–Crippen MR) is 162 cm³/mol. The molecule has 1 aliphatic heterocycles. The second-order valence-electron chi connectivity index (χ2n) is 10.3. The molecule has 0 bridgehead atoms. The van der Waals surface area contributed by atoms with Gasteiger partial charge in [0.05, 0.1) is 39.8 Å². The summed E-state index contributed by atoms with van der Waals surface area (Å²) in [6.45, 7) is 4.31. The predicted octanol–water partition coefficient (Wildman–Crippen LogP) is 4.67. The third-order valence-electron chi connectivity index (χ3n) is 7.67. The summed E-state index contributed by atoms with van der Waals surface area (Å²) in [5.41, 5.74) is 3.85. The molecule has 10 heteroatoms. The van der Waals surface area contributed by atoms with Crippen LogP contribution in [0.15, 0.2) is 71.2 Å². The van der Waals surface area contributed by atoms with Crippen molar-refractivity contribution < 1.29 is 38.0 Å². The van der Waals surface area contributed by atoms with Gasteiger partial charge in [0, 0.05) is 59.6 Å². The van der Waals surface area contributed by atoms with Crippen molar-refractivity contribution in [2.75, 3.05) is 53.3 Å². The van der Waals surface area contributed by atoms with E-state index in [0.29, 0.717) is 45.8 Å². The Bertz CT molecular complexity index is 1510. The fraction of sp³-hybridized carbons (Fsp3) is 0.424. The van der Waals surface area contributed by atoms with E-state index in [0.717, 1.165) is 38.7 Å². The van der Waals surface area contributed by atoms with E-state index in [2.05, 4.69) is 10.3 Å². The Balaban J connectivity index is 1.32. The van der Waals surface area contributed by atoms with Gasteiger partial charge in [-0.25, -0.2) is 0 Å². The topological polar surface area (TPSA) is 124 Å². The standard InChI is InChI=1S/C33H40N2O8/c1-3-41-33-25(11-14-39-16-17-40-15-13-36)27(28-21-42-30-7-5-4-6-24(28)30)19-31(43-33)32(37)34-12-10-22-20-35-29-9-8-23(38-2)18-26(22)29/h4-9,18-21,25,27,33,35-36H,3,10-17H2,1-2H3,(H,34,37)/t25-,27-,33+/m1/s1. The van der Waals surface area contributed by atoms with Gasteiger partial charge < -0.3 is 43.5 Å². The summed E-state index contributed by atoms with van der Waals surface area (Å²) in [5, 5.41) is 14.0. The van der Waals surface area contributed by atoms with E-state index in [4.69, 9.17) is 33.2 Å². The van der Waals surface area contributed by atoms with Crippen molar-refractivity contribution >= 4 is 27.8 Å². The molecular formula is C33H40N2O8. The Labute approximate surface area is 250 Å². The van der Waals surface area contributed by atoms with Crippen LogP contribution in [-0.2, 0) is 30.2 Å². The molecule has 0 fully saturated rings. The zero-order valence-corrected chi connectivity index (χ0v) is 24.7. The number of hydrogen-bond acceptors (Lipinski definition) is 8. The molecule has 5 rings (SSSR count). The van der Waals surface area contributed by atoms with Crippen LogP contribution in [0, 0.1) is 5.92 Å². The number of allylic oxidation sites excluding steroid dienone is 1. The van der Waals surface area contributed by atoms with Crippen molar-refractivity contribution in [3.05, 3.63) is 77.9 Å². The van der Waals surface area contributed by atoms with Crippen LogP contribution < -0.4 is 10.1 Å². The molecule has 0 radical (unpaired) electrons. The lowest BCUT2D eigenvalue weighted by Crippen LogP contribution is -2.39. The number of carbonyl (C=O) groups is 1. The number of aliphatic hydroxyl groups excluding tert-OH is 1. The van der Waals surface area contributed by atoms with Crippen molar-refractivity contribution in [1.29, 1.82) is 0 Å². The summed E-state index contributed by atoms with van der Waals surface area (Å²) in [4.78, 5) is 16.7. The Kier molecular flexibility index (Phi) is 10.7. The number of aliphatic hydroxyl groups is 1. The van der Waals surface area contributed by atoms with E-state index in [1.54, 1.807) is 13.4 Å². The number of aromatic amines is 1. The second kappa shape index (κ2) is 15.1. The van der Waals surface area contributed by atoms with Crippen molar-refractivity contribution in [2.24, 2.45) is 5.92 Å². The molecule has 0 aliphatic carbocycles. The van der Waals surface area contributed by atoms with Crippen molar-refractivity contribution in [1.82, 2.24) is 10.3 Å². The van der Waals surface area contributed by atoms with Gasteiger partial charge in [-0.05, 0) is 55.7 Å². The van der Waals surface area contributed by atoms with Crippen LogP contribution in [0.1, 0.15) is 30.4 Å². The van der Waals surface area contributed by atoms with E-state index < -0.39 is 6.29 Å². The van der Waals surface area contributed by atoms with E-state index >= 15 is 0 Å². The highest BCUT2D eigenvalue weighted by atomic mass is 16.7. The zero-order valence-electron chi connectivity index (χ0n) is 24.7. The molecule has 2 aromatic carbocycles. The highest BCUT2D eigenvalue weighted by molar-refractivity contribution is 5.92. The van der Waals surface area contributed by atoms with Gasteiger partial charge in [-0.1, -0.05) is 18.2 Å². The SMILES string of the molecule is CCO[C@H]1OC(C(=O)NCCc2c[nH]c3ccc(OC)cc23)=C[C@@H](c2coc3ccccc23)[C@H]1CCOCCOCCO. The Morgan fingerprint density at radius 2 is 1.91 bits per heavy atom. The third kappa shape index (κ3) is 7.40. The van der Waals surface area contributed by atoms with E-state index in [9.17, 15) is 4.79 Å². The first-order valence-electron chi connectivity index (χ1n) is 14.8. The first-order valence-corrected chi connectivity index (χ1v) is 14.8. The number of methoxy groups -OCH3 is 1. The fourth-order valence-electron chi connectivity index (χ4n) is 5.55. The molecule has 43 heavy (non-hydrogen) atoms. The quantitative estimate of drug-likeness (QED) is 0.160. The number of H-pyrrole nitrogens is 1. The number of fused-ring (bicyclic) bond motifs is 2. The number of rotatable bonds is 16. The number of furan rings is 1. The first kappa shape index (κ1) is 30.6. The smallest absolute Gasteiger partial charge is 0.286 e. The summed E-state index contributed by atoms with van der Waals surface area (Å²) in [7, 11) is 1.65. The van der Waals surface area contributed by atoms with Crippen LogP contribution in [0.4, 0.5) is 0 Å². The van der Waals surface area contributed by atoms with Gasteiger partial charge in [0.25, 0.3) is 5.91 Å². The number of ether oxygens (including phenoxy) is 5. The molecule has 3 atom stereocenters. The maximum atomic E-state index is 13.4. The molecule has 0 unspecified atom stereocenters. The van der Waals surface area contributed by atoms with E-state index in [-0.39, 0.29) is 36.7 Å². The van der Waals surface area contributed by atoms with Gasteiger partial charge in [-0.3, -0.25) is 4.79 Å². The van der Waals surface area contributed by atoms with Gasteiger partial charge in [0.2, 0.25) is 6.29 Å². The molecule has 3 heterocycles. The fourth-order valence-corrected chi connectivity index (χ4v) is 5.55. The zero-order chi connectivity index (χ0) is 30.0.